The summed E-state index contributed by atoms with van der Waals surface area (Å²) in [4.78, 5) is 6.77. The summed E-state index contributed by atoms with van der Waals surface area (Å²) in [7, 11) is 0. The fourth-order valence-corrected chi connectivity index (χ4v) is 2.61. The number of nitrogens with two attached hydrogens (primary N) is 1. The van der Waals surface area contributed by atoms with Gasteiger partial charge in [-0.2, -0.15) is 0 Å². The molecular weight excluding hydrogens is 383 g/mol. The van der Waals surface area contributed by atoms with Crippen LogP contribution in [0.3, 0.4) is 0 Å². The number of morpholine rings is 1. The number of hydrogen-bond donors (Lipinski definition) is 2. The highest BCUT2D eigenvalue weighted by atomic mass is 127. The van der Waals surface area contributed by atoms with Crippen LogP contribution in [0.4, 0.5) is 0 Å². The molecule has 124 valence electrons. The smallest absolute Gasteiger partial charge is 0.188 e. The highest BCUT2D eigenvalue weighted by Gasteiger charge is 2.14. The van der Waals surface area contributed by atoms with E-state index in [9.17, 15) is 0 Å². The monoisotopic (exact) mass is 412 g/mol. The zero-order valence-corrected chi connectivity index (χ0v) is 15.1. The van der Waals surface area contributed by atoms with Gasteiger partial charge >= 0.3 is 0 Å². The first kappa shape index (κ1) is 18.9. The van der Waals surface area contributed by atoms with Crippen molar-refractivity contribution >= 4 is 29.9 Å². The van der Waals surface area contributed by atoms with E-state index in [0.29, 0.717) is 12.1 Å². The molecule has 0 aromatic heterocycles. The average Bonchev–Trinajstić information content (AvgIpc) is 2.98. The number of aliphatic imine (C=N–C) groups is 1. The topological polar surface area (TPSA) is 72.1 Å². The Hall–Kier alpha value is -0.120. The molecule has 1 atom stereocenters. The van der Waals surface area contributed by atoms with Crippen LogP contribution in [0.5, 0.6) is 0 Å². The second-order valence-corrected chi connectivity index (χ2v) is 5.43. The van der Waals surface area contributed by atoms with Gasteiger partial charge in [0, 0.05) is 39.3 Å². The van der Waals surface area contributed by atoms with Gasteiger partial charge in [0.1, 0.15) is 0 Å². The van der Waals surface area contributed by atoms with Crippen molar-refractivity contribution in [3.8, 4) is 0 Å². The molecule has 7 heteroatoms. The van der Waals surface area contributed by atoms with Gasteiger partial charge in [-0.3, -0.25) is 9.89 Å². The summed E-state index contributed by atoms with van der Waals surface area (Å²) in [5.74, 6) is 0.560. The van der Waals surface area contributed by atoms with E-state index in [1.807, 2.05) is 0 Å². The van der Waals surface area contributed by atoms with Crippen molar-refractivity contribution in [1.82, 2.24) is 10.2 Å². The minimum Gasteiger partial charge on any atom is -0.379 e. The number of guanidine groups is 1. The predicted octanol–water partition coefficient (Wildman–Crippen LogP) is 0.800. The van der Waals surface area contributed by atoms with E-state index in [1.165, 1.54) is 12.8 Å². The third-order valence-corrected chi connectivity index (χ3v) is 3.81. The van der Waals surface area contributed by atoms with E-state index in [4.69, 9.17) is 15.2 Å². The van der Waals surface area contributed by atoms with Crippen molar-refractivity contribution in [1.29, 1.82) is 0 Å². The van der Waals surface area contributed by atoms with E-state index in [1.54, 1.807) is 0 Å². The largest absolute Gasteiger partial charge is 0.379 e. The summed E-state index contributed by atoms with van der Waals surface area (Å²) < 4.78 is 10.9. The molecule has 0 radical (unpaired) electrons. The molecule has 0 saturated carbocycles. The quantitative estimate of drug-likeness (QED) is 0.280. The molecule has 2 heterocycles. The summed E-state index contributed by atoms with van der Waals surface area (Å²) >= 11 is 0. The van der Waals surface area contributed by atoms with Gasteiger partial charge in [-0.1, -0.05) is 0 Å². The number of nitrogens with zero attached hydrogens (tertiary/aromatic N) is 2. The maximum atomic E-state index is 5.84. The fourth-order valence-electron chi connectivity index (χ4n) is 2.61. The second-order valence-electron chi connectivity index (χ2n) is 5.43. The first-order valence-corrected chi connectivity index (χ1v) is 7.80. The molecule has 0 aromatic carbocycles. The molecule has 0 amide bonds. The van der Waals surface area contributed by atoms with Gasteiger partial charge in [0.2, 0.25) is 0 Å². The van der Waals surface area contributed by atoms with Crippen LogP contribution in [0.1, 0.15) is 25.7 Å². The summed E-state index contributed by atoms with van der Waals surface area (Å²) in [5.41, 5.74) is 5.84. The Bertz CT molecular complexity index is 293. The zero-order valence-electron chi connectivity index (χ0n) is 12.8. The highest BCUT2D eigenvalue weighted by molar-refractivity contribution is 14.0. The third-order valence-electron chi connectivity index (χ3n) is 3.81. The van der Waals surface area contributed by atoms with Crippen LogP contribution in [0.25, 0.3) is 0 Å². The summed E-state index contributed by atoms with van der Waals surface area (Å²) in [6.07, 6.45) is 4.85. The van der Waals surface area contributed by atoms with Crippen molar-refractivity contribution in [3.05, 3.63) is 0 Å². The molecule has 0 aromatic rings. The maximum Gasteiger partial charge on any atom is 0.188 e. The van der Waals surface area contributed by atoms with Crippen LogP contribution in [0.2, 0.25) is 0 Å². The van der Waals surface area contributed by atoms with E-state index >= 15 is 0 Å². The standard InChI is InChI=1S/C14H28N4O2.HI/c15-14(17-6-4-13-3-1-10-20-13)16-5-2-7-18-8-11-19-12-9-18;/h13H,1-12H2,(H3,15,16,17);1H. The molecule has 0 spiro atoms. The summed E-state index contributed by atoms with van der Waals surface area (Å²) in [6, 6.07) is 0. The minimum absolute atomic E-state index is 0. The van der Waals surface area contributed by atoms with Crippen molar-refractivity contribution in [2.24, 2.45) is 10.7 Å². The van der Waals surface area contributed by atoms with Gasteiger partial charge in [-0.05, 0) is 25.7 Å². The highest BCUT2D eigenvalue weighted by Crippen LogP contribution is 2.14. The van der Waals surface area contributed by atoms with E-state index < -0.39 is 0 Å². The Morgan fingerprint density at radius 2 is 2.10 bits per heavy atom. The van der Waals surface area contributed by atoms with Crippen molar-refractivity contribution in [2.75, 3.05) is 52.5 Å². The van der Waals surface area contributed by atoms with Gasteiger partial charge in [0.05, 0.1) is 19.3 Å². The molecular formula is C14H29IN4O2. The predicted molar refractivity (Wildman–Crippen MR) is 95.4 cm³/mol. The van der Waals surface area contributed by atoms with E-state index in [-0.39, 0.29) is 24.0 Å². The van der Waals surface area contributed by atoms with Crippen LogP contribution in [0, 0.1) is 0 Å². The van der Waals surface area contributed by atoms with Crippen molar-refractivity contribution in [3.63, 3.8) is 0 Å². The van der Waals surface area contributed by atoms with Crippen LogP contribution in [-0.2, 0) is 9.47 Å². The lowest BCUT2D eigenvalue weighted by Gasteiger charge is -2.26. The summed E-state index contributed by atoms with van der Waals surface area (Å²) in [6.45, 7) is 7.43. The second kappa shape index (κ2) is 11.4. The molecule has 1 unspecified atom stereocenters. The van der Waals surface area contributed by atoms with Gasteiger partial charge in [0.15, 0.2) is 5.96 Å². The first-order valence-electron chi connectivity index (χ1n) is 7.80. The molecule has 2 saturated heterocycles. The number of ether oxygens (including phenoxy) is 2. The van der Waals surface area contributed by atoms with Crippen molar-refractivity contribution < 1.29 is 9.47 Å². The van der Waals surface area contributed by atoms with Crippen LogP contribution >= 0.6 is 24.0 Å². The van der Waals surface area contributed by atoms with Crippen molar-refractivity contribution in [2.45, 2.75) is 31.8 Å². The lowest BCUT2D eigenvalue weighted by Crippen LogP contribution is -2.37. The maximum absolute atomic E-state index is 5.84. The number of nitrogens with one attached hydrogen (secondary N) is 1. The van der Waals surface area contributed by atoms with Gasteiger partial charge < -0.3 is 20.5 Å². The van der Waals surface area contributed by atoms with E-state index in [2.05, 4.69) is 15.2 Å². The molecule has 2 aliphatic heterocycles. The number of rotatable bonds is 7. The zero-order chi connectivity index (χ0) is 14.0. The molecule has 2 fully saturated rings. The van der Waals surface area contributed by atoms with E-state index in [0.717, 1.165) is 65.4 Å². The van der Waals surface area contributed by atoms with Crippen LogP contribution in [-0.4, -0.2) is 69.5 Å². The Balaban J connectivity index is 0.00000220. The van der Waals surface area contributed by atoms with Crippen LogP contribution < -0.4 is 11.1 Å². The SMILES string of the molecule is I.NC(=NCCCN1CCOCC1)NCCC1CCCO1. The molecule has 2 rings (SSSR count). The van der Waals surface area contributed by atoms with Crippen LogP contribution in [0.15, 0.2) is 4.99 Å². The molecule has 21 heavy (non-hydrogen) atoms. The first-order chi connectivity index (χ1) is 9.84. The Kier molecular flexibility index (Phi) is 10.3. The fraction of sp³-hybridized carbons (Fsp3) is 0.929. The lowest BCUT2D eigenvalue weighted by molar-refractivity contribution is 0.0377. The summed E-state index contributed by atoms with van der Waals surface area (Å²) in [5, 5.41) is 3.16. The van der Waals surface area contributed by atoms with Gasteiger partial charge in [-0.15, -0.1) is 24.0 Å². The number of halogens is 1. The Morgan fingerprint density at radius 3 is 2.81 bits per heavy atom. The molecule has 2 aliphatic rings. The van der Waals surface area contributed by atoms with Gasteiger partial charge in [0.25, 0.3) is 0 Å². The third kappa shape index (κ3) is 8.18. The molecule has 0 aliphatic carbocycles. The average molecular weight is 412 g/mol. The molecule has 6 nitrogen and oxygen atoms in total. The Labute approximate surface area is 144 Å². The Morgan fingerprint density at radius 1 is 1.29 bits per heavy atom. The van der Waals surface area contributed by atoms with Gasteiger partial charge in [-0.25, -0.2) is 0 Å². The minimum atomic E-state index is 0. The number of hydrogen-bond acceptors (Lipinski definition) is 4. The normalized spacial score (nSPS) is 23.8. The lowest BCUT2D eigenvalue weighted by atomic mass is 10.2. The molecule has 3 N–H and O–H groups in total. The molecule has 0 bridgehead atoms.